The highest BCUT2D eigenvalue weighted by atomic mass is 16.5. The van der Waals surface area contributed by atoms with Crippen LogP contribution >= 0.6 is 0 Å². The number of benzene rings is 1. The molecule has 1 aliphatic heterocycles. The summed E-state index contributed by atoms with van der Waals surface area (Å²) in [6.07, 6.45) is 3.27. The van der Waals surface area contributed by atoms with Crippen molar-refractivity contribution < 1.29 is 18.8 Å². The molecule has 0 spiro atoms. The Bertz CT molecular complexity index is 622. The Kier molecular flexibility index (Phi) is 8.77. The fourth-order valence-electron chi connectivity index (χ4n) is 3.60. The van der Waals surface area contributed by atoms with Crippen molar-refractivity contribution in [3.63, 3.8) is 0 Å². The second kappa shape index (κ2) is 10.8. The van der Waals surface area contributed by atoms with Gasteiger partial charge in [-0.3, -0.25) is 4.79 Å². The van der Waals surface area contributed by atoms with Gasteiger partial charge in [0.1, 0.15) is 5.75 Å². The molecule has 1 amide bonds. The van der Waals surface area contributed by atoms with Gasteiger partial charge in [-0.2, -0.15) is 0 Å². The summed E-state index contributed by atoms with van der Waals surface area (Å²) in [5.74, 6) is 1.75. The molecule has 158 valence electrons. The summed E-state index contributed by atoms with van der Waals surface area (Å²) in [5.41, 5.74) is 2.52. The molecule has 1 fully saturated rings. The van der Waals surface area contributed by atoms with Crippen LogP contribution in [0.15, 0.2) is 18.2 Å². The van der Waals surface area contributed by atoms with E-state index in [2.05, 4.69) is 53.1 Å². The normalized spacial score (nSPS) is 15.1. The number of amides is 1. The monoisotopic (exact) mass is 391 g/mol. The first-order chi connectivity index (χ1) is 13.3. The predicted octanol–water partition coefficient (Wildman–Crippen LogP) is 3.60. The second-order valence-electron chi connectivity index (χ2n) is 8.92. The summed E-state index contributed by atoms with van der Waals surface area (Å²) in [7, 11) is 4.30. The molecule has 0 aliphatic carbocycles. The smallest absolute Gasteiger partial charge is 0.277 e. The van der Waals surface area contributed by atoms with Crippen LogP contribution in [0.1, 0.15) is 50.2 Å². The summed E-state index contributed by atoms with van der Waals surface area (Å²) in [4.78, 5) is 14.4. The molecule has 0 saturated carbocycles. The molecule has 1 saturated heterocycles. The van der Waals surface area contributed by atoms with Crippen molar-refractivity contribution in [1.82, 2.24) is 4.90 Å². The third-order valence-electron chi connectivity index (χ3n) is 5.38. The van der Waals surface area contributed by atoms with Crippen LogP contribution < -0.4 is 4.74 Å². The molecule has 0 bridgehead atoms. The van der Waals surface area contributed by atoms with Gasteiger partial charge in [0.05, 0.1) is 40.5 Å². The highest BCUT2D eigenvalue weighted by molar-refractivity contribution is 5.77. The molecule has 0 aromatic heterocycles. The number of unbranched alkanes of at least 4 members (excludes halogenated alkanes) is 2. The quantitative estimate of drug-likeness (QED) is 0.452. The van der Waals surface area contributed by atoms with Crippen LogP contribution in [0.2, 0.25) is 0 Å². The van der Waals surface area contributed by atoms with Crippen LogP contribution in [0.4, 0.5) is 0 Å². The van der Waals surface area contributed by atoms with Gasteiger partial charge in [0.25, 0.3) is 5.91 Å². The minimum atomic E-state index is 0.247. The van der Waals surface area contributed by atoms with Crippen LogP contribution in [0, 0.1) is 6.92 Å². The molecule has 2 rings (SSSR count). The highest BCUT2D eigenvalue weighted by Crippen LogP contribution is 2.27. The van der Waals surface area contributed by atoms with Gasteiger partial charge in [-0.15, -0.1) is 0 Å². The number of likely N-dealkylation sites (N-methyl/N-ethyl adjacent to an activating group) is 1. The second-order valence-corrected chi connectivity index (χ2v) is 8.92. The fraction of sp³-hybridized carbons (Fsp3) is 0.696. The number of nitrogens with zero attached hydrogens (tertiary/aromatic N) is 2. The summed E-state index contributed by atoms with van der Waals surface area (Å²) in [6, 6.07) is 6.48. The number of ether oxygens (including phenoxy) is 2. The van der Waals surface area contributed by atoms with Gasteiger partial charge >= 0.3 is 0 Å². The van der Waals surface area contributed by atoms with Crippen LogP contribution in [-0.2, 0) is 9.53 Å². The third-order valence-corrected chi connectivity index (χ3v) is 5.38. The van der Waals surface area contributed by atoms with Crippen LogP contribution in [0.5, 0.6) is 5.75 Å². The topological polar surface area (TPSA) is 38.8 Å². The Labute approximate surface area is 171 Å². The molecular formula is C23H39N2O3+. The molecule has 5 heteroatoms. The van der Waals surface area contributed by atoms with E-state index >= 15 is 0 Å². The van der Waals surface area contributed by atoms with E-state index in [1.54, 1.807) is 0 Å². The Morgan fingerprint density at radius 1 is 1.18 bits per heavy atom. The van der Waals surface area contributed by atoms with Gasteiger partial charge in [0, 0.05) is 13.1 Å². The molecule has 0 N–H and O–H groups in total. The molecule has 28 heavy (non-hydrogen) atoms. The van der Waals surface area contributed by atoms with Crippen molar-refractivity contribution in [1.29, 1.82) is 0 Å². The van der Waals surface area contributed by atoms with E-state index in [1.807, 2.05) is 4.90 Å². The summed E-state index contributed by atoms with van der Waals surface area (Å²) < 4.78 is 12.2. The van der Waals surface area contributed by atoms with Crippen molar-refractivity contribution in [3.05, 3.63) is 29.3 Å². The van der Waals surface area contributed by atoms with E-state index in [1.165, 1.54) is 11.1 Å². The maximum absolute atomic E-state index is 12.5. The van der Waals surface area contributed by atoms with Crippen molar-refractivity contribution >= 4 is 5.91 Å². The highest BCUT2D eigenvalue weighted by Gasteiger charge is 2.25. The minimum Gasteiger partial charge on any atom is -0.493 e. The zero-order valence-electron chi connectivity index (χ0n) is 18.5. The van der Waals surface area contributed by atoms with E-state index in [0.29, 0.717) is 25.7 Å². The zero-order chi connectivity index (χ0) is 20.6. The Morgan fingerprint density at radius 3 is 2.57 bits per heavy atom. The number of quaternary nitrogens is 1. The van der Waals surface area contributed by atoms with Crippen molar-refractivity contribution in [2.45, 2.75) is 46.0 Å². The van der Waals surface area contributed by atoms with E-state index in [-0.39, 0.29) is 5.91 Å². The number of carbonyl (C=O) groups is 1. The number of hydrogen-bond donors (Lipinski definition) is 0. The number of morpholine rings is 1. The van der Waals surface area contributed by atoms with Gasteiger partial charge in [-0.25, -0.2) is 0 Å². The fourth-order valence-corrected chi connectivity index (χ4v) is 3.60. The Hall–Kier alpha value is -1.59. The predicted molar refractivity (Wildman–Crippen MR) is 114 cm³/mol. The molecule has 5 nitrogen and oxygen atoms in total. The zero-order valence-corrected chi connectivity index (χ0v) is 18.5. The lowest BCUT2D eigenvalue weighted by atomic mass is 10.0. The average Bonchev–Trinajstić information content (AvgIpc) is 2.64. The first kappa shape index (κ1) is 22.7. The number of hydrogen-bond acceptors (Lipinski definition) is 3. The first-order valence-corrected chi connectivity index (χ1v) is 10.7. The summed E-state index contributed by atoms with van der Waals surface area (Å²) in [6.45, 7) is 11.6. The maximum Gasteiger partial charge on any atom is 0.277 e. The minimum absolute atomic E-state index is 0.247. The van der Waals surface area contributed by atoms with Gasteiger partial charge in [0.2, 0.25) is 0 Å². The maximum atomic E-state index is 12.5. The molecule has 0 radical (unpaired) electrons. The van der Waals surface area contributed by atoms with Crippen molar-refractivity contribution in [2.24, 2.45) is 0 Å². The average molecular weight is 392 g/mol. The number of carbonyl (C=O) groups excluding carboxylic acids is 1. The lowest BCUT2D eigenvalue weighted by molar-refractivity contribution is -0.883. The van der Waals surface area contributed by atoms with Gasteiger partial charge in [-0.05, 0) is 49.3 Å². The van der Waals surface area contributed by atoms with E-state index < -0.39 is 0 Å². The summed E-state index contributed by atoms with van der Waals surface area (Å²) in [5, 5.41) is 0. The molecule has 1 aromatic carbocycles. The van der Waals surface area contributed by atoms with Crippen molar-refractivity contribution in [3.8, 4) is 5.75 Å². The van der Waals surface area contributed by atoms with E-state index in [4.69, 9.17) is 9.47 Å². The number of rotatable bonds is 10. The first-order valence-electron chi connectivity index (χ1n) is 10.7. The van der Waals surface area contributed by atoms with Gasteiger partial charge in [-0.1, -0.05) is 26.0 Å². The summed E-state index contributed by atoms with van der Waals surface area (Å²) >= 11 is 0. The largest absolute Gasteiger partial charge is 0.493 e. The lowest BCUT2D eigenvalue weighted by Crippen LogP contribution is -2.51. The molecule has 0 atom stereocenters. The van der Waals surface area contributed by atoms with Crippen molar-refractivity contribution in [2.75, 3.05) is 60.1 Å². The molecule has 1 aromatic rings. The SMILES string of the molecule is Cc1ccc(C(C)C)c(OCCCCC[N+](C)(C)CC(=O)N2CCOCC2)c1. The standard InChI is InChI=1S/C23H39N2O3/c1-19(2)21-10-9-20(3)17-22(21)28-14-8-6-7-13-25(4,5)18-23(26)24-11-15-27-16-12-24/h9-10,17,19H,6-8,11-16,18H2,1-5H3/q+1. The molecular weight excluding hydrogens is 352 g/mol. The van der Waals surface area contributed by atoms with Crippen LogP contribution in [0.3, 0.4) is 0 Å². The number of aryl methyl sites for hydroxylation is 1. The van der Waals surface area contributed by atoms with Crippen LogP contribution in [0.25, 0.3) is 0 Å². The van der Waals surface area contributed by atoms with E-state index in [0.717, 1.165) is 55.7 Å². The molecule has 1 aliphatic rings. The molecule has 1 heterocycles. The third kappa shape index (κ3) is 7.44. The van der Waals surface area contributed by atoms with Gasteiger partial charge in [0.15, 0.2) is 6.54 Å². The van der Waals surface area contributed by atoms with Gasteiger partial charge < -0.3 is 18.9 Å². The van der Waals surface area contributed by atoms with E-state index in [9.17, 15) is 4.79 Å². The Morgan fingerprint density at radius 2 is 1.89 bits per heavy atom. The Balaban J connectivity index is 1.67. The van der Waals surface area contributed by atoms with Crippen LogP contribution in [-0.4, -0.2) is 75.4 Å². The lowest BCUT2D eigenvalue weighted by Gasteiger charge is -2.33. The molecule has 0 unspecified atom stereocenters.